The topological polar surface area (TPSA) is 20.3 Å². The Morgan fingerprint density at radius 1 is 1.38 bits per heavy atom. The third-order valence-corrected chi connectivity index (χ3v) is 3.16. The average molecular weight is 217 g/mol. The Bertz CT molecular complexity index is 380. The highest BCUT2D eigenvalue weighted by atomic mass is 16.1. The highest BCUT2D eigenvalue weighted by Crippen LogP contribution is 2.33. The second-order valence-electron chi connectivity index (χ2n) is 4.85. The number of nitrogens with zero attached hydrogens (tertiary/aromatic N) is 1. The van der Waals surface area contributed by atoms with Gasteiger partial charge in [0.15, 0.2) is 5.78 Å². The number of carbonyl (C=O) groups is 1. The molecule has 1 fully saturated rings. The predicted molar refractivity (Wildman–Crippen MR) is 67.1 cm³/mol. The summed E-state index contributed by atoms with van der Waals surface area (Å²) in [6, 6.07) is 7.88. The molecule has 0 spiro atoms. The van der Waals surface area contributed by atoms with Crippen LogP contribution in [0.2, 0.25) is 0 Å². The van der Waals surface area contributed by atoms with Gasteiger partial charge in [-0.15, -0.1) is 0 Å². The summed E-state index contributed by atoms with van der Waals surface area (Å²) in [6.07, 6.45) is 4.43. The van der Waals surface area contributed by atoms with Crippen molar-refractivity contribution >= 4 is 11.5 Å². The molecule has 2 rings (SSSR count). The smallest absolute Gasteiger partial charge is 0.162 e. The van der Waals surface area contributed by atoms with Crippen molar-refractivity contribution in [3.8, 4) is 0 Å². The third-order valence-electron chi connectivity index (χ3n) is 3.16. The molecule has 0 saturated heterocycles. The van der Waals surface area contributed by atoms with E-state index in [2.05, 4.69) is 0 Å². The van der Waals surface area contributed by atoms with Gasteiger partial charge in [-0.2, -0.15) is 0 Å². The molecule has 16 heavy (non-hydrogen) atoms. The van der Waals surface area contributed by atoms with Crippen LogP contribution in [0.3, 0.4) is 0 Å². The van der Waals surface area contributed by atoms with Gasteiger partial charge in [0.2, 0.25) is 0 Å². The van der Waals surface area contributed by atoms with Gasteiger partial charge >= 0.3 is 0 Å². The molecule has 0 N–H and O–H groups in total. The first kappa shape index (κ1) is 11.2. The standard InChI is InChI=1S/C14H19NO/c1-15(2)13-5-3-4-12(10-13)14(16)9-8-11-6-7-11/h3-5,10-11H,6-9H2,1-2H3. The minimum Gasteiger partial charge on any atom is -0.378 e. The quantitative estimate of drug-likeness (QED) is 0.706. The SMILES string of the molecule is CN(C)c1cccc(C(=O)CCC2CC2)c1. The third kappa shape index (κ3) is 2.84. The Labute approximate surface area is 97.3 Å². The number of benzene rings is 1. The van der Waals surface area contributed by atoms with E-state index >= 15 is 0 Å². The zero-order chi connectivity index (χ0) is 11.5. The second-order valence-corrected chi connectivity index (χ2v) is 4.85. The van der Waals surface area contributed by atoms with Crippen molar-refractivity contribution in [2.45, 2.75) is 25.7 Å². The summed E-state index contributed by atoms with van der Waals surface area (Å²) in [6.45, 7) is 0. The van der Waals surface area contributed by atoms with Gasteiger partial charge in [0.1, 0.15) is 0 Å². The van der Waals surface area contributed by atoms with Crippen LogP contribution in [0.1, 0.15) is 36.0 Å². The van der Waals surface area contributed by atoms with Gasteiger partial charge < -0.3 is 4.90 Å². The maximum Gasteiger partial charge on any atom is 0.162 e. The Kier molecular flexibility index (Phi) is 3.28. The summed E-state index contributed by atoms with van der Waals surface area (Å²) in [5.41, 5.74) is 1.95. The van der Waals surface area contributed by atoms with Gasteiger partial charge in [-0.3, -0.25) is 4.79 Å². The van der Waals surface area contributed by atoms with Crippen LogP contribution in [0.15, 0.2) is 24.3 Å². The maximum atomic E-state index is 11.9. The fraction of sp³-hybridized carbons (Fsp3) is 0.500. The summed E-state index contributed by atoms with van der Waals surface area (Å²) in [5, 5.41) is 0. The summed E-state index contributed by atoms with van der Waals surface area (Å²) < 4.78 is 0. The van der Waals surface area contributed by atoms with Crippen molar-refractivity contribution in [3.05, 3.63) is 29.8 Å². The Morgan fingerprint density at radius 3 is 2.75 bits per heavy atom. The van der Waals surface area contributed by atoms with E-state index in [0.29, 0.717) is 6.42 Å². The first-order chi connectivity index (χ1) is 7.66. The molecule has 0 aliphatic heterocycles. The monoisotopic (exact) mass is 217 g/mol. The van der Waals surface area contributed by atoms with Crippen LogP contribution in [0.4, 0.5) is 5.69 Å². The molecular weight excluding hydrogens is 198 g/mol. The van der Waals surface area contributed by atoms with Crippen LogP contribution in [0.5, 0.6) is 0 Å². The zero-order valence-corrected chi connectivity index (χ0v) is 10.1. The highest BCUT2D eigenvalue weighted by molar-refractivity contribution is 5.96. The molecule has 0 aromatic heterocycles. The lowest BCUT2D eigenvalue weighted by Gasteiger charge is -2.13. The van der Waals surface area contributed by atoms with Crippen LogP contribution < -0.4 is 4.90 Å². The molecule has 0 bridgehead atoms. The van der Waals surface area contributed by atoms with Gasteiger partial charge in [-0.1, -0.05) is 25.0 Å². The van der Waals surface area contributed by atoms with E-state index in [4.69, 9.17) is 0 Å². The molecule has 1 aromatic rings. The number of hydrogen-bond acceptors (Lipinski definition) is 2. The summed E-state index contributed by atoms with van der Waals surface area (Å²) in [4.78, 5) is 14.0. The fourth-order valence-corrected chi connectivity index (χ4v) is 1.84. The van der Waals surface area contributed by atoms with Crippen molar-refractivity contribution < 1.29 is 4.79 Å². The zero-order valence-electron chi connectivity index (χ0n) is 10.1. The summed E-state index contributed by atoms with van der Waals surface area (Å²) >= 11 is 0. The Morgan fingerprint density at radius 2 is 2.12 bits per heavy atom. The molecule has 0 atom stereocenters. The molecule has 1 aromatic carbocycles. The molecule has 0 unspecified atom stereocenters. The van der Waals surface area contributed by atoms with E-state index in [0.717, 1.165) is 23.6 Å². The molecular formula is C14H19NO. The Hall–Kier alpha value is -1.31. The molecule has 0 heterocycles. The van der Waals surface area contributed by atoms with Crippen LogP contribution in [0, 0.1) is 5.92 Å². The summed E-state index contributed by atoms with van der Waals surface area (Å²) in [7, 11) is 3.99. The van der Waals surface area contributed by atoms with Gasteiger partial charge in [-0.25, -0.2) is 0 Å². The fourth-order valence-electron chi connectivity index (χ4n) is 1.84. The maximum absolute atomic E-state index is 11.9. The van der Waals surface area contributed by atoms with Gasteiger partial charge in [0.05, 0.1) is 0 Å². The van der Waals surface area contributed by atoms with Crippen LogP contribution in [-0.2, 0) is 0 Å². The number of hydrogen-bond donors (Lipinski definition) is 0. The number of rotatable bonds is 5. The largest absolute Gasteiger partial charge is 0.378 e. The van der Waals surface area contributed by atoms with Crippen molar-refractivity contribution in [1.82, 2.24) is 0 Å². The molecule has 2 nitrogen and oxygen atoms in total. The van der Waals surface area contributed by atoms with E-state index in [1.165, 1.54) is 12.8 Å². The van der Waals surface area contributed by atoms with Gasteiger partial charge in [-0.05, 0) is 24.5 Å². The molecule has 0 radical (unpaired) electrons. The average Bonchev–Trinajstić information content (AvgIpc) is 3.10. The molecule has 0 amide bonds. The lowest BCUT2D eigenvalue weighted by molar-refractivity contribution is 0.0978. The molecule has 2 heteroatoms. The van der Waals surface area contributed by atoms with E-state index in [1.54, 1.807) is 0 Å². The lowest BCUT2D eigenvalue weighted by atomic mass is 10.0. The minimum absolute atomic E-state index is 0.288. The van der Waals surface area contributed by atoms with E-state index in [1.807, 2.05) is 43.3 Å². The van der Waals surface area contributed by atoms with E-state index < -0.39 is 0 Å². The number of carbonyl (C=O) groups excluding carboxylic acids is 1. The van der Waals surface area contributed by atoms with Gasteiger partial charge in [0, 0.05) is 31.8 Å². The first-order valence-corrected chi connectivity index (χ1v) is 5.97. The van der Waals surface area contributed by atoms with E-state index in [9.17, 15) is 4.79 Å². The molecule has 1 aliphatic rings. The predicted octanol–water partition coefficient (Wildman–Crippen LogP) is 3.13. The highest BCUT2D eigenvalue weighted by Gasteiger charge is 2.22. The lowest BCUT2D eigenvalue weighted by Crippen LogP contribution is -2.09. The van der Waals surface area contributed by atoms with Crippen LogP contribution in [0.25, 0.3) is 0 Å². The van der Waals surface area contributed by atoms with Gasteiger partial charge in [0.25, 0.3) is 0 Å². The van der Waals surface area contributed by atoms with E-state index in [-0.39, 0.29) is 5.78 Å². The second kappa shape index (κ2) is 4.69. The molecule has 86 valence electrons. The Balaban J connectivity index is 2.00. The molecule has 1 aliphatic carbocycles. The van der Waals surface area contributed by atoms with Crippen molar-refractivity contribution in [1.29, 1.82) is 0 Å². The normalized spacial score (nSPS) is 14.9. The van der Waals surface area contributed by atoms with Crippen molar-refractivity contribution in [3.63, 3.8) is 0 Å². The number of anilines is 1. The van der Waals surface area contributed by atoms with Crippen molar-refractivity contribution in [2.75, 3.05) is 19.0 Å². The minimum atomic E-state index is 0.288. The van der Waals surface area contributed by atoms with Crippen LogP contribution >= 0.6 is 0 Å². The molecule has 1 saturated carbocycles. The van der Waals surface area contributed by atoms with Crippen molar-refractivity contribution in [2.24, 2.45) is 5.92 Å². The van der Waals surface area contributed by atoms with Crippen LogP contribution in [-0.4, -0.2) is 19.9 Å². The number of Topliss-reactive ketones (excluding diaryl/α,β-unsaturated/α-hetero) is 1. The summed E-state index contributed by atoms with van der Waals surface area (Å²) in [5.74, 6) is 1.12. The number of ketones is 1. The first-order valence-electron chi connectivity index (χ1n) is 5.97.